The van der Waals surface area contributed by atoms with Gasteiger partial charge in [-0.3, -0.25) is 0 Å². The minimum absolute atomic E-state index is 0.176. The standard InChI is InChI=1S/C22H26O7/c1-24-16-7-5-13(9-18(16)26-3)20-15-11-28-21(22(15,23)12-29-20)14-6-8-17(25-2)19(10-14)27-4/h5-10,15,20-21,23H,11-12H2,1-4H3/t15?,20-,21+,22+/m0/s1. The van der Waals surface area contributed by atoms with Crippen LogP contribution in [0.1, 0.15) is 23.3 Å². The molecule has 7 heteroatoms. The maximum atomic E-state index is 11.5. The van der Waals surface area contributed by atoms with Crippen molar-refractivity contribution >= 4 is 0 Å². The van der Waals surface area contributed by atoms with E-state index in [1.807, 2.05) is 36.4 Å². The van der Waals surface area contributed by atoms with Gasteiger partial charge in [-0.25, -0.2) is 0 Å². The highest BCUT2D eigenvalue weighted by Crippen LogP contribution is 2.54. The molecule has 29 heavy (non-hydrogen) atoms. The quantitative estimate of drug-likeness (QED) is 0.796. The molecule has 2 fully saturated rings. The molecular weight excluding hydrogens is 376 g/mol. The van der Waals surface area contributed by atoms with Crippen molar-refractivity contribution in [1.82, 2.24) is 0 Å². The van der Waals surface area contributed by atoms with E-state index in [-0.39, 0.29) is 18.6 Å². The van der Waals surface area contributed by atoms with Crippen LogP contribution in [0.4, 0.5) is 0 Å². The molecule has 0 bridgehead atoms. The third kappa shape index (κ3) is 3.19. The molecule has 7 nitrogen and oxygen atoms in total. The summed E-state index contributed by atoms with van der Waals surface area (Å²) in [6.45, 7) is 0.560. The second kappa shape index (κ2) is 7.74. The van der Waals surface area contributed by atoms with Gasteiger partial charge in [-0.1, -0.05) is 12.1 Å². The van der Waals surface area contributed by atoms with Crippen molar-refractivity contribution in [3.05, 3.63) is 47.5 Å². The van der Waals surface area contributed by atoms with E-state index in [2.05, 4.69) is 0 Å². The van der Waals surface area contributed by atoms with Crippen molar-refractivity contribution in [2.45, 2.75) is 17.8 Å². The molecule has 2 aromatic carbocycles. The number of benzene rings is 2. The molecule has 1 unspecified atom stereocenters. The van der Waals surface area contributed by atoms with E-state index in [4.69, 9.17) is 28.4 Å². The van der Waals surface area contributed by atoms with Crippen LogP contribution in [-0.2, 0) is 9.47 Å². The van der Waals surface area contributed by atoms with E-state index >= 15 is 0 Å². The fraction of sp³-hybridized carbons (Fsp3) is 0.455. The van der Waals surface area contributed by atoms with E-state index in [0.29, 0.717) is 29.6 Å². The van der Waals surface area contributed by atoms with Gasteiger partial charge in [0.1, 0.15) is 11.7 Å². The summed E-state index contributed by atoms with van der Waals surface area (Å²) in [5, 5.41) is 11.5. The van der Waals surface area contributed by atoms with E-state index < -0.39 is 11.7 Å². The van der Waals surface area contributed by atoms with Crippen molar-refractivity contribution in [1.29, 1.82) is 0 Å². The second-order valence-corrected chi connectivity index (χ2v) is 7.27. The van der Waals surface area contributed by atoms with Gasteiger partial charge in [0, 0.05) is 5.92 Å². The first-order valence-electron chi connectivity index (χ1n) is 9.45. The Morgan fingerprint density at radius 2 is 1.34 bits per heavy atom. The first kappa shape index (κ1) is 19.8. The Morgan fingerprint density at radius 1 is 0.793 bits per heavy atom. The Balaban J connectivity index is 1.63. The molecule has 0 radical (unpaired) electrons. The van der Waals surface area contributed by atoms with Gasteiger partial charge in [0.05, 0.1) is 47.8 Å². The summed E-state index contributed by atoms with van der Waals surface area (Å²) in [6.07, 6.45) is -0.817. The molecule has 2 heterocycles. The van der Waals surface area contributed by atoms with Gasteiger partial charge >= 0.3 is 0 Å². The lowest BCUT2D eigenvalue weighted by atomic mass is 9.81. The maximum absolute atomic E-state index is 11.5. The van der Waals surface area contributed by atoms with Gasteiger partial charge in [0.15, 0.2) is 23.0 Å². The number of hydrogen-bond acceptors (Lipinski definition) is 7. The molecule has 0 spiro atoms. The summed E-state index contributed by atoms with van der Waals surface area (Å²) in [5.41, 5.74) is 0.599. The molecule has 0 saturated carbocycles. The molecule has 2 aliphatic heterocycles. The van der Waals surface area contributed by atoms with Gasteiger partial charge in [-0.05, 0) is 35.4 Å². The van der Waals surface area contributed by atoms with Gasteiger partial charge in [-0.15, -0.1) is 0 Å². The monoisotopic (exact) mass is 402 g/mol. The van der Waals surface area contributed by atoms with Crippen molar-refractivity contribution < 1.29 is 33.5 Å². The summed E-state index contributed by atoms with van der Waals surface area (Å²) >= 11 is 0. The number of hydrogen-bond donors (Lipinski definition) is 1. The van der Waals surface area contributed by atoms with E-state index in [0.717, 1.165) is 11.1 Å². The van der Waals surface area contributed by atoms with Crippen LogP contribution in [0.3, 0.4) is 0 Å². The molecule has 156 valence electrons. The summed E-state index contributed by atoms with van der Waals surface area (Å²) in [4.78, 5) is 0. The number of fused-ring (bicyclic) bond motifs is 1. The largest absolute Gasteiger partial charge is 0.493 e. The molecule has 4 rings (SSSR count). The zero-order valence-electron chi connectivity index (χ0n) is 17.0. The fourth-order valence-corrected chi connectivity index (χ4v) is 4.31. The summed E-state index contributed by atoms with van der Waals surface area (Å²) in [7, 11) is 6.37. The predicted octanol–water partition coefficient (Wildman–Crippen LogP) is 2.91. The van der Waals surface area contributed by atoms with Crippen molar-refractivity contribution in [2.75, 3.05) is 41.7 Å². The Bertz CT molecular complexity index is 883. The Kier molecular flexibility index (Phi) is 5.29. The highest BCUT2D eigenvalue weighted by Gasteiger charge is 2.59. The highest BCUT2D eigenvalue weighted by atomic mass is 16.6. The lowest BCUT2D eigenvalue weighted by Crippen LogP contribution is -2.39. The molecule has 2 saturated heterocycles. The SMILES string of the molecule is COc1ccc([C@H]2OCC3[C@H](c4ccc(OC)c(OC)c4)OC[C@@]32O)cc1OC. The summed E-state index contributed by atoms with van der Waals surface area (Å²) in [6, 6.07) is 11.2. The Morgan fingerprint density at radius 3 is 1.93 bits per heavy atom. The topological polar surface area (TPSA) is 75.6 Å². The van der Waals surface area contributed by atoms with E-state index in [9.17, 15) is 5.11 Å². The number of methoxy groups -OCH3 is 4. The lowest BCUT2D eigenvalue weighted by molar-refractivity contribution is -0.0628. The van der Waals surface area contributed by atoms with Crippen LogP contribution in [0.25, 0.3) is 0 Å². The molecule has 2 aliphatic rings. The molecule has 0 aromatic heterocycles. The second-order valence-electron chi connectivity index (χ2n) is 7.27. The van der Waals surface area contributed by atoms with Crippen LogP contribution in [0, 0.1) is 5.92 Å². The van der Waals surface area contributed by atoms with Crippen molar-refractivity contribution in [3.8, 4) is 23.0 Å². The van der Waals surface area contributed by atoms with Crippen LogP contribution >= 0.6 is 0 Å². The van der Waals surface area contributed by atoms with E-state index in [1.54, 1.807) is 28.4 Å². The van der Waals surface area contributed by atoms with E-state index in [1.165, 1.54) is 0 Å². The average molecular weight is 402 g/mol. The Labute approximate surface area is 170 Å². The molecule has 2 aromatic rings. The summed E-state index contributed by atoms with van der Waals surface area (Å²) in [5.74, 6) is 2.29. The van der Waals surface area contributed by atoms with Crippen LogP contribution in [0.2, 0.25) is 0 Å². The third-order valence-corrected chi connectivity index (χ3v) is 5.84. The molecule has 4 atom stereocenters. The zero-order valence-corrected chi connectivity index (χ0v) is 17.0. The van der Waals surface area contributed by atoms with Gasteiger partial charge < -0.3 is 33.5 Å². The lowest BCUT2D eigenvalue weighted by Gasteiger charge is -2.27. The fourth-order valence-electron chi connectivity index (χ4n) is 4.31. The number of ether oxygens (including phenoxy) is 6. The van der Waals surface area contributed by atoms with Crippen LogP contribution in [0.5, 0.6) is 23.0 Å². The molecular formula is C22H26O7. The first-order valence-corrected chi connectivity index (χ1v) is 9.45. The zero-order chi connectivity index (χ0) is 20.6. The smallest absolute Gasteiger partial charge is 0.161 e. The normalized spacial score (nSPS) is 28.1. The molecule has 0 aliphatic carbocycles. The average Bonchev–Trinajstić information content (AvgIpc) is 3.27. The van der Waals surface area contributed by atoms with Crippen molar-refractivity contribution in [3.63, 3.8) is 0 Å². The van der Waals surface area contributed by atoms with Crippen molar-refractivity contribution in [2.24, 2.45) is 5.92 Å². The van der Waals surface area contributed by atoms with Crippen LogP contribution in [0.15, 0.2) is 36.4 Å². The molecule has 1 N–H and O–H groups in total. The summed E-state index contributed by atoms with van der Waals surface area (Å²) < 4.78 is 33.5. The minimum atomic E-state index is -1.14. The third-order valence-electron chi connectivity index (χ3n) is 5.84. The maximum Gasteiger partial charge on any atom is 0.161 e. The first-order chi connectivity index (χ1) is 14.0. The minimum Gasteiger partial charge on any atom is -0.493 e. The van der Waals surface area contributed by atoms with Gasteiger partial charge in [0.25, 0.3) is 0 Å². The predicted molar refractivity (Wildman–Crippen MR) is 105 cm³/mol. The highest BCUT2D eigenvalue weighted by molar-refractivity contribution is 5.46. The number of aliphatic hydroxyl groups is 1. The van der Waals surface area contributed by atoms with Crippen LogP contribution in [-0.4, -0.2) is 52.4 Å². The van der Waals surface area contributed by atoms with Gasteiger partial charge in [0.2, 0.25) is 0 Å². The Hall–Kier alpha value is -2.48. The van der Waals surface area contributed by atoms with Crippen LogP contribution < -0.4 is 18.9 Å². The molecule has 0 amide bonds. The van der Waals surface area contributed by atoms with Gasteiger partial charge in [-0.2, -0.15) is 0 Å². The number of rotatable bonds is 6.